The summed E-state index contributed by atoms with van der Waals surface area (Å²) in [5.74, 6) is 2.69. The van der Waals surface area contributed by atoms with Crippen molar-refractivity contribution in [1.82, 2.24) is 0 Å². The van der Waals surface area contributed by atoms with Crippen LogP contribution in [0.15, 0.2) is 0 Å². The average Bonchev–Trinajstić information content (AvgIpc) is 2.28. The van der Waals surface area contributed by atoms with Gasteiger partial charge in [0.25, 0.3) is 0 Å². The van der Waals surface area contributed by atoms with E-state index >= 15 is 0 Å². The van der Waals surface area contributed by atoms with Gasteiger partial charge in [-0.15, -0.1) is 0 Å². The number of hydrogen-bond acceptors (Lipinski definition) is 0. The first kappa shape index (κ1) is 17.0. The van der Waals surface area contributed by atoms with Crippen molar-refractivity contribution in [3.05, 3.63) is 0 Å². The van der Waals surface area contributed by atoms with Crippen molar-refractivity contribution in [2.24, 2.45) is 23.2 Å². The lowest BCUT2D eigenvalue weighted by molar-refractivity contribution is 0.0809. The van der Waals surface area contributed by atoms with E-state index in [1.54, 1.807) is 0 Å². The molecule has 0 aliphatic rings. The van der Waals surface area contributed by atoms with Crippen molar-refractivity contribution in [3.8, 4) is 0 Å². The fourth-order valence-electron chi connectivity index (χ4n) is 3.81. The highest BCUT2D eigenvalue weighted by atomic mass is 14.4. The molecule has 0 saturated heterocycles. The Hall–Kier alpha value is 0. The smallest absolute Gasteiger partial charge is 0.0298 e. The van der Waals surface area contributed by atoms with Crippen molar-refractivity contribution in [3.63, 3.8) is 0 Å². The largest absolute Gasteiger partial charge is 0.0654 e. The SMILES string of the molecule is CCCC(C)(CC)C(CC)C(CC)CC(C)C. The summed E-state index contributed by atoms with van der Waals surface area (Å²) in [6, 6.07) is 0. The predicted octanol–water partition coefficient (Wildman–Crippen LogP) is 6.30. The minimum Gasteiger partial charge on any atom is -0.0654 e. The van der Waals surface area contributed by atoms with Crippen LogP contribution in [0.5, 0.6) is 0 Å². The molecule has 17 heavy (non-hydrogen) atoms. The molecule has 0 heteroatoms. The molecule has 0 rings (SSSR count). The summed E-state index contributed by atoms with van der Waals surface area (Å²) < 4.78 is 0. The van der Waals surface area contributed by atoms with E-state index < -0.39 is 0 Å². The maximum absolute atomic E-state index is 2.54. The van der Waals surface area contributed by atoms with Crippen molar-refractivity contribution < 1.29 is 0 Å². The average molecular weight is 240 g/mol. The van der Waals surface area contributed by atoms with Crippen LogP contribution in [0.25, 0.3) is 0 Å². The van der Waals surface area contributed by atoms with Crippen molar-refractivity contribution >= 4 is 0 Å². The van der Waals surface area contributed by atoms with E-state index in [9.17, 15) is 0 Å². The minimum absolute atomic E-state index is 0.569. The third-order valence-electron chi connectivity index (χ3n) is 4.83. The fraction of sp³-hybridized carbons (Fsp3) is 1.00. The van der Waals surface area contributed by atoms with Gasteiger partial charge in [0.05, 0.1) is 0 Å². The second-order valence-electron chi connectivity index (χ2n) is 6.57. The first-order valence-corrected chi connectivity index (χ1v) is 7.95. The van der Waals surface area contributed by atoms with Gasteiger partial charge in [0.2, 0.25) is 0 Å². The molecule has 0 saturated carbocycles. The molecule has 0 amide bonds. The van der Waals surface area contributed by atoms with Gasteiger partial charge in [0.1, 0.15) is 0 Å². The van der Waals surface area contributed by atoms with Gasteiger partial charge in [-0.2, -0.15) is 0 Å². The van der Waals surface area contributed by atoms with E-state index in [2.05, 4.69) is 48.5 Å². The zero-order valence-electron chi connectivity index (χ0n) is 13.5. The summed E-state index contributed by atoms with van der Waals surface area (Å²) in [7, 11) is 0. The van der Waals surface area contributed by atoms with E-state index in [-0.39, 0.29) is 0 Å². The molecule has 0 aromatic carbocycles. The van der Waals surface area contributed by atoms with E-state index in [0.717, 1.165) is 17.8 Å². The van der Waals surface area contributed by atoms with Gasteiger partial charge in [-0.05, 0) is 36.0 Å². The summed E-state index contributed by atoms with van der Waals surface area (Å²) in [4.78, 5) is 0. The Bertz CT molecular complexity index is 182. The van der Waals surface area contributed by atoms with E-state index in [1.165, 1.54) is 38.5 Å². The second kappa shape index (κ2) is 8.16. The maximum Gasteiger partial charge on any atom is -0.0298 e. The van der Waals surface area contributed by atoms with Crippen molar-refractivity contribution in [2.75, 3.05) is 0 Å². The summed E-state index contributed by atoms with van der Waals surface area (Å²) in [6.45, 7) is 16.8. The molecule has 0 aromatic heterocycles. The van der Waals surface area contributed by atoms with Crippen LogP contribution in [0.1, 0.15) is 87.0 Å². The van der Waals surface area contributed by atoms with Gasteiger partial charge < -0.3 is 0 Å². The zero-order valence-corrected chi connectivity index (χ0v) is 13.5. The van der Waals surface area contributed by atoms with Crippen LogP contribution < -0.4 is 0 Å². The molecular weight excluding hydrogens is 204 g/mol. The lowest BCUT2D eigenvalue weighted by atomic mass is 9.63. The highest BCUT2D eigenvalue weighted by Crippen LogP contribution is 2.44. The molecule has 0 bridgehead atoms. The minimum atomic E-state index is 0.569. The van der Waals surface area contributed by atoms with Crippen LogP contribution in [0, 0.1) is 23.2 Å². The Morgan fingerprint density at radius 2 is 1.53 bits per heavy atom. The molecule has 0 heterocycles. The molecular formula is C17H36. The Kier molecular flexibility index (Phi) is 8.16. The first-order chi connectivity index (χ1) is 7.95. The molecule has 0 aliphatic heterocycles. The number of hydrogen-bond donors (Lipinski definition) is 0. The lowest BCUT2D eigenvalue weighted by Crippen LogP contribution is -2.33. The summed E-state index contributed by atoms with van der Waals surface area (Å²) in [5, 5.41) is 0. The third kappa shape index (κ3) is 5.02. The summed E-state index contributed by atoms with van der Waals surface area (Å²) >= 11 is 0. The lowest BCUT2D eigenvalue weighted by Gasteiger charge is -2.42. The van der Waals surface area contributed by atoms with Crippen LogP contribution in [0.3, 0.4) is 0 Å². The topological polar surface area (TPSA) is 0 Å². The predicted molar refractivity (Wildman–Crippen MR) is 80.3 cm³/mol. The van der Waals surface area contributed by atoms with Crippen LogP contribution in [0.2, 0.25) is 0 Å². The molecule has 0 radical (unpaired) electrons. The van der Waals surface area contributed by atoms with Crippen LogP contribution >= 0.6 is 0 Å². The molecule has 0 aliphatic carbocycles. The molecule has 0 nitrogen and oxygen atoms in total. The fourth-order valence-corrected chi connectivity index (χ4v) is 3.81. The normalized spacial score (nSPS) is 19.1. The molecule has 104 valence electrons. The Balaban J connectivity index is 4.85. The van der Waals surface area contributed by atoms with Crippen LogP contribution in [-0.4, -0.2) is 0 Å². The van der Waals surface area contributed by atoms with Gasteiger partial charge in [0.15, 0.2) is 0 Å². The standard InChI is InChI=1S/C17H36/c1-8-12-17(7,11-4)16(10-3)15(9-2)13-14(5)6/h14-16H,8-13H2,1-7H3. The Morgan fingerprint density at radius 3 is 1.82 bits per heavy atom. The van der Waals surface area contributed by atoms with Crippen LogP contribution in [-0.2, 0) is 0 Å². The van der Waals surface area contributed by atoms with Gasteiger partial charge in [-0.3, -0.25) is 0 Å². The van der Waals surface area contributed by atoms with E-state index in [1.807, 2.05) is 0 Å². The van der Waals surface area contributed by atoms with E-state index in [0.29, 0.717) is 5.41 Å². The van der Waals surface area contributed by atoms with E-state index in [4.69, 9.17) is 0 Å². The molecule has 0 fully saturated rings. The highest BCUT2D eigenvalue weighted by molar-refractivity contribution is 4.85. The Labute approximate surface area is 111 Å². The third-order valence-corrected chi connectivity index (χ3v) is 4.83. The molecule has 0 N–H and O–H groups in total. The van der Waals surface area contributed by atoms with Gasteiger partial charge in [0, 0.05) is 0 Å². The quantitative estimate of drug-likeness (QED) is 0.443. The Morgan fingerprint density at radius 1 is 0.941 bits per heavy atom. The van der Waals surface area contributed by atoms with Gasteiger partial charge >= 0.3 is 0 Å². The van der Waals surface area contributed by atoms with Gasteiger partial charge in [-0.25, -0.2) is 0 Å². The molecule has 3 unspecified atom stereocenters. The zero-order chi connectivity index (χ0) is 13.5. The molecule has 0 spiro atoms. The first-order valence-electron chi connectivity index (χ1n) is 7.95. The highest BCUT2D eigenvalue weighted by Gasteiger charge is 2.35. The number of rotatable bonds is 9. The van der Waals surface area contributed by atoms with Crippen LogP contribution in [0.4, 0.5) is 0 Å². The molecule has 3 atom stereocenters. The van der Waals surface area contributed by atoms with Gasteiger partial charge in [-0.1, -0.05) is 74.1 Å². The summed E-state index contributed by atoms with van der Waals surface area (Å²) in [6.07, 6.45) is 8.20. The van der Waals surface area contributed by atoms with Crippen molar-refractivity contribution in [2.45, 2.75) is 87.0 Å². The maximum atomic E-state index is 2.54. The monoisotopic (exact) mass is 240 g/mol. The second-order valence-corrected chi connectivity index (χ2v) is 6.57. The van der Waals surface area contributed by atoms with Crippen molar-refractivity contribution in [1.29, 1.82) is 0 Å². The summed E-state index contributed by atoms with van der Waals surface area (Å²) in [5.41, 5.74) is 0.569. The molecule has 0 aromatic rings.